The quantitative estimate of drug-likeness (QED) is 0.786. The predicted octanol–water partition coefficient (Wildman–Crippen LogP) is 3.90. The topological polar surface area (TPSA) is 29.1 Å². The van der Waals surface area contributed by atoms with Gasteiger partial charge in [-0.05, 0) is 30.5 Å². The van der Waals surface area contributed by atoms with Gasteiger partial charge in [-0.25, -0.2) is 0 Å². The van der Waals surface area contributed by atoms with Gasteiger partial charge in [0.05, 0.1) is 6.42 Å². The highest BCUT2D eigenvalue weighted by atomic mass is 32.2. The molecule has 1 N–H and O–H groups in total. The van der Waals surface area contributed by atoms with Gasteiger partial charge in [0, 0.05) is 18.1 Å². The monoisotopic (exact) mass is 313 g/mol. The van der Waals surface area contributed by atoms with Crippen molar-refractivity contribution >= 4 is 17.7 Å². The number of aryl methyl sites for hydroxylation is 2. The fourth-order valence-corrected chi connectivity index (χ4v) is 3.11. The Balaban J connectivity index is 1.63. The van der Waals surface area contributed by atoms with Gasteiger partial charge in [-0.1, -0.05) is 54.1 Å². The van der Waals surface area contributed by atoms with Crippen molar-refractivity contribution < 1.29 is 4.79 Å². The zero-order valence-corrected chi connectivity index (χ0v) is 14.1. The van der Waals surface area contributed by atoms with E-state index in [1.165, 1.54) is 16.7 Å². The Morgan fingerprint density at radius 3 is 2.50 bits per heavy atom. The summed E-state index contributed by atoms with van der Waals surface area (Å²) in [5.74, 6) is 2.04. The van der Waals surface area contributed by atoms with Gasteiger partial charge in [0.25, 0.3) is 0 Å². The van der Waals surface area contributed by atoms with Gasteiger partial charge >= 0.3 is 0 Å². The summed E-state index contributed by atoms with van der Waals surface area (Å²) in [5, 5.41) is 2.99. The van der Waals surface area contributed by atoms with E-state index in [4.69, 9.17) is 0 Å². The number of carbonyl (C=O) groups excluding carboxylic acids is 1. The maximum Gasteiger partial charge on any atom is 0.224 e. The third-order valence-electron chi connectivity index (χ3n) is 3.57. The minimum Gasteiger partial charge on any atom is -0.355 e. The minimum absolute atomic E-state index is 0.0975. The van der Waals surface area contributed by atoms with Gasteiger partial charge in [-0.2, -0.15) is 11.8 Å². The molecule has 22 heavy (non-hydrogen) atoms. The number of hydrogen-bond acceptors (Lipinski definition) is 2. The number of amides is 1. The van der Waals surface area contributed by atoms with Crippen molar-refractivity contribution in [2.75, 3.05) is 12.3 Å². The lowest BCUT2D eigenvalue weighted by atomic mass is 10.1. The zero-order chi connectivity index (χ0) is 15.8. The number of carbonyl (C=O) groups is 1. The molecule has 0 saturated heterocycles. The third-order valence-corrected chi connectivity index (χ3v) is 4.58. The van der Waals surface area contributed by atoms with Crippen LogP contribution in [0.15, 0.2) is 48.5 Å². The van der Waals surface area contributed by atoms with Gasteiger partial charge in [0.15, 0.2) is 0 Å². The summed E-state index contributed by atoms with van der Waals surface area (Å²) < 4.78 is 0. The van der Waals surface area contributed by atoms with Crippen molar-refractivity contribution in [1.29, 1.82) is 0 Å². The van der Waals surface area contributed by atoms with Gasteiger partial charge in [0.1, 0.15) is 0 Å². The van der Waals surface area contributed by atoms with Crippen molar-refractivity contribution in [1.82, 2.24) is 5.32 Å². The van der Waals surface area contributed by atoms with Crippen LogP contribution in [0, 0.1) is 13.8 Å². The second-order valence-electron chi connectivity index (χ2n) is 5.49. The molecule has 0 aliphatic heterocycles. The number of benzene rings is 2. The van der Waals surface area contributed by atoms with Crippen LogP contribution in [0.4, 0.5) is 0 Å². The SMILES string of the molecule is Cc1ccc(CC(=O)NCCSCc2ccccc2C)cc1. The molecule has 0 spiro atoms. The largest absolute Gasteiger partial charge is 0.355 e. The Morgan fingerprint density at radius 1 is 1.05 bits per heavy atom. The molecule has 2 aromatic rings. The van der Waals surface area contributed by atoms with Crippen molar-refractivity contribution in [2.24, 2.45) is 0 Å². The number of nitrogens with one attached hydrogen (secondary N) is 1. The van der Waals surface area contributed by atoms with Gasteiger partial charge in [-0.15, -0.1) is 0 Å². The molecule has 1 amide bonds. The first-order valence-electron chi connectivity index (χ1n) is 7.59. The lowest BCUT2D eigenvalue weighted by Crippen LogP contribution is -2.27. The van der Waals surface area contributed by atoms with E-state index in [1.54, 1.807) is 0 Å². The van der Waals surface area contributed by atoms with Crippen molar-refractivity contribution in [3.63, 3.8) is 0 Å². The molecule has 116 valence electrons. The molecule has 2 aromatic carbocycles. The van der Waals surface area contributed by atoms with Crippen LogP contribution in [0.5, 0.6) is 0 Å². The lowest BCUT2D eigenvalue weighted by Gasteiger charge is -2.07. The van der Waals surface area contributed by atoms with Crippen LogP contribution in [-0.4, -0.2) is 18.2 Å². The number of rotatable bonds is 7. The van der Waals surface area contributed by atoms with Crippen LogP contribution in [0.1, 0.15) is 22.3 Å². The van der Waals surface area contributed by atoms with Crippen LogP contribution >= 0.6 is 11.8 Å². The van der Waals surface area contributed by atoms with Crippen LogP contribution in [0.2, 0.25) is 0 Å². The summed E-state index contributed by atoms with van der Waals surface area (Å²) in [6.07, 6.45) is 0.461. The molecule has 0 saturated carbocycles. The number of thioether (sulfide) groups is 1. The van der Waals surface area contributed by atoms with Gasteiger partial charge in [-0.3, -0.25) is 4.79 Å². The van der Waals surface area contributed by atoms with E-state index in [0.29, 0.717) is 6.42 Å². The Kier molecular flexibility index (Phi) is 6.53. The average Bonchev–Trinajstić information content (AvgIpc) is 2.51. The Morgan fingerprint density at radius 2 is 1.77 bits per heavy atom. The molecule has 0 aliphatic rings. The maximum atomic E-state index is 11.9. The smallest absolute Gasteiger partial charge is 0.224 e. The standard InChI is InChI=1S/C19H23NOS/c1-15-7-9-17(10-8-15)13-19(21)20-11-12-22-14-18-6-4-3-5-16(18)2/h3-10H,11-14H2,1-2H3,(H,20,21). The fourth-order valence-electron chi connectivity index (χ4n) is 2.17. The molecule has 3 heteroatoms. The summed E-state index contributed by atoms with van der Waals surface area (Å²) in [5.41, 5.74) is 4.99. The molecule has 2 rings (SSSR count). The molecule has 0 unspecified atom stereocenters. The first-order valence-corrected chi connectivity index (χ1v) is 8.75. The van der Waals surface area contributed by atoms with Crippen LogP contribution in [0.3, 0.4) is 0 Å². The van der Waals surface area contributed by atoms with E-state index >= 15 is 0 Å². The summed E-state index contributed by atoms with van der Waals surface area (Å²) in [6, 6.07) is 16.6. The van der Waals surface area contributed by atoms with E-state index in [9.17, 15) is 4.79 Å². The van der Waals surface area contributed by atoms with Crippen molar-refractivity contribution in [3.05, 3.63) is 70.8 Å². The van der Waals surface area contributed by atoms with Gasteiger partial charge < -0.3 is 5.32 Å². The van der Waals surface area contributed by atoms with E-state index in [0.717, 1.165) is 23.6 Å². The summed E-state index contributed by atoms with van der Waals surface area (Å²) in [6.45, 7) is 4.91. The molecule has 0 radical (unpaired) electrons. The Labute approximate surface area is 137 Å². The number of hydrogen-bond donors (Lipinski definition) is 1. The molecule has 0 fully saturated rings. The average molecular weight is 313 g/mol. The highest BCUT2D eigenvalue weighted by Crippen LogP contribution is 2.15. The van der Waals surface area contributed by atoms with Crippen LogP contribution in [0.25, 0.3) is 0 Å². The zero-order valence-electron chi connectivity index (χ0n) is 13.3. The molecule has 0 aromatic heterocycles. The summed E-state index contributed by atoms with van der Waals surface area (Å²) >= 11 is 1.86. The van der Waals surface area contributed by atoms with Crippen LogP contribution < -0.4 is 5.32 Å². The molecule has 0 aliphatic carbocycles. The molecular weight excluding hydrogens is 290 g/mol. The third kappa shape index (κ3) is 5.57. The van der Waals surface area contributed by atoms with Gasteiger partial charge in [0.2, 0.25) is 5.91 Å². The molecular formula is C19H23NOS. The van der Waals surface area contributed by atoms with E-state index in [1.807, 2.05) is 36.0 Å². The summed E-state index contributed by atoms with van der Waals surface area (Å²) in [7, 11) is 0. The molecule has 0 bridgehead atoms. The minimum atomic E-state index is 0.0975. The van der Waals surface area contributed by atoms with E-state index in [2.05, 4.69) is 43.4 Å². The first kappa shape index (κ1) is 16.6. The summed E-state index contributed by atoms with van der Waals surface area (Å²) in [4.78, 5) is 11.9. The Hall–Kier alpha value is -1.74. The van der Waals surface area contributed by atoms with E-state index in [-0.39, 0.29) is 5.91 Å². The fraction of sp³-hybridized carbons (Fsp3) is 0.316. The second-order valence-corrected chi connectivity index (χ2v) is 6.60. The molecule has 0 atom stereocenters. The molecule has 2 nitrogen and oxygen atoms in total. The second kappa shape index (κ2) is 8.64. The first-order chi connectivity index (χ1) is 10.6. The van der Waals surface area contributed by atoms with Crippen molar-refractivity contribution in [3.8, 4) is 0 Å². The predicted molar refractivity (Wildman–Crippen MR) is 95.2 cm³/mol. The maximum absolute atomic E-state index is 11.9. The highest BCUT2D eigenvalue weighted by molar-refractivity contribution is 7.98. The molecule has 0 heterocycles. The Bertz CT molecular complexity index is 607. The highest BCUT2D eigenvalue weighted by Gasteiger charge is 2.03. The van der Waals surface area contributed by atoms with Crippen LogP contribution in [-0.2, 0) is 17.0 Å². The van der Waals surface area contributed by atoms with E-state index < -0.39 is 0 Å². The van der Waals surface area contributed by atoms with Crippen molar-refractivity contribution in [2.45, 2.75) is 26.0 Å². The normalized spacial score (nSPS) is 10.5. The lowest BCUT2D eigenvalue weighted by molar-refractivity contribution is -0.120.